The van der Waals surface area contributed by atoms with Gasteiger partial charge in [0.1, 0.15) is 5.82 Å². The summed E-state index contributed by atoms with van der Waals surface area (Å²) < 4.78 is 13.7. The minimum atomic E-state index is -0.413. The van der Waals surface area contributed by atoms with Gasteiger partial charge < -0.3 is 5.32 Å². The van der Waals surface area contributed by atoms with Gasteiger partial charge in [-0.05, 0) is 54.6 Å². The third-order valence-electron chi connectivity index (χ3n) is 4.73. The normalized spacial score (nSPS) is 13.0. The Morgan fingerprint density at radius 1 is 0.933 bits per heavy atom. The molecule has 1 aliphatic rings. The van der Waals surface area contributed by atoms with Crippen molar-refractivity contribution in [3.63, 3.8) is 0 Å². The van der Waals surface area contributed by atoms with Crippen LogP contribution in [-0.4, -0.2) is 22.7 Å². The Kier molecular flexibility index (Phi) is 4.14. The molecule has 0 fully saturated rings. The lowest BCUT2D eigenvalue weighted by atomic mass is 10.1. The molecule has 2 heterocycles. The summed E-state index contributed by atoms with van der Waals surface area (Å²) in [5.74, 6) is -1.58. The van der Waals surface area contributed by atoms with Crippen molar-refractivity contribution in [1.29, 1.82) is 0 Å². The van der Waals surface area contributed by atoms with Crippen LogP contribution in [0, 0.1) is 5.82 Å². The number of amides is 3. The zero-order chi connectivity index (χ0) is 20.8. The van der Waals surface area contributed by atoms with Crippen LogP contribution in [0.2, 0.25) is 0 Å². The highest BCUT2D eigenvalue weighted by Gasteiger charge is 2.38. The van der Waals surface area contributed by atoms with Gasteiger partial charge in [-0.25, -0.2) is 14.3 Å². The SMILES string of the molecule is O=C(Nc1ccc(F)cc1)c1ccc2nc(N3C(=O)c4ccccc4C3=O)sc2c1. The molecule has 1 aliphatic heterocycles. The van der Waals surface area contributed by atoms with Crippen molar-refractivity contribution >= 4 is 50.1 Å². The summed E-state index contributed by atoms with van der Waals surface area (Å²) in [6.45, 7) is 0. The minimum absolute atomic E-state index is 0.257. The largest absolute Gasteiger partial charge is 0.322 e. The number of imide groups is 1. The van der Waals surface area contributed by atoms with Gasteiger partial charge in [0, 0.05) is 11.3 Å². The van der Waals surface area contributed by atoms with Gasteiger partial charge in [-0.3, -0.25) is 14.4 Å². The smallest absolute Gasteiger partial charge is 0.268 e. The predicted molar refractivity (Wildman–Crippen MR) is 112 cm³/mol. The van der Waals surface area contributed by atoms with Crippen molar-refractivity contribution < 1.29 is 18.8 Å². The second-order valence-corrected chi connectivity index (χ2v) is 7.64. The molecule has 3 amide bonds. The maximum atomic E-state index is 13.0. The molecule has 0 unspecified atom stereocenters. The maximum absolute atomic E-state index is 13.0. The molecule has 0 saturated heterocycles. The number of aromatic nitrogens is 1. The molecule has 146 valence electrons. The number of rotatable bonds is 3. The average molecular weight is 417 g/mol. The van der Waals surface area contributed by atoms with Crippen LogP contribution in [0.25, 0.3) is 10.2 Å². The number of nitrogens with one attached hydrogen (secondary N) is 1. The molecule has 6 nitrogen and oxygen atoms in total. The van der Waals surface area contributed by atoms with Gasteiger partial charge in [-0.1, -0.05) is 23.5 Å². The van der Waals surface area contributed by atoms with E-state index in [1.165, 1.54) is 24.3 Å². The van der Waals surface area contributed by atoms with Crippen LogP contribution in [0.15, 0.2) is 66.7 Å². The monoisotopic (exact) mass is 417 g/mol. The fourth-order valence-electron chi connectivity index (χ4n) is 3.25. The van der Waals surface area contributed by atoms with E-state index in [4.69, 9.17) is 0 Å². The fourth-order valence-corrected chi connectivity index (χ4v) is 4.25. The standard InChI is InChI=1S/C22H12FN3O3S/c23-13-6-8-14(9-7-13)24-19(27)12-5-10-17-18(11-12)30-22(25-17)26-20(28)15-3-1-2-4-16(15)21(26)29/h1-11H,(H,24,27). The van der Waals surface area contributed by atoms with Crippen LogP contribution >= 0.6 is 11.3 Å². The first-order chi connectivity index (χ1) is 14.5. The molecule has 30 heavy (non-hydrogen) atoms. The molecule has 0 saturated carbocycles. The van der Waals surface area contributed by atoms with Gasteiger partial charge in [-0.15, -0.1) is 0 Å². The summed E-state index contributed by atoms with van der Waals surface area (Å²) in [6, 6.07) is 17.0. The van der Waals surface area contributed by atoms with Crippen molar-refractivity contribution in [1.82, 2.24) is 4.98 Å². The van der Waals surface area contributed by atoms with Crippen LogP contribution in [0.4, 0.5) is 15.2 Å². The Morgan fingerprint density at radius 3 is 2.27 bits per heavy atom. The number of halogens is 1. The first-order valence-corrected chi connectivity index (χ1v) is 9.78. The summed E-state index contributed by atoms with van der Waals surface area (Å²) in [5, 5.41) is 2.95. The van der Waals surface area contributed by atoms with Crippen molar-refractivity contribution in [3.05, 3.63) is 89.2 Å². The summed E-state index contributed by atoms with van der Waals surface area (Å²) in [4.78, 5) is 43.3. The molecular weight excluding hydrogens is 405 g/mol. The van der Waals surface area contributed by atoms with E-state index in [0.717, 1.165) is 16.2 Å². The van der Waals surface area contributed by atoms with Gasteiger partial charge in [-0.2, -0.15) is 0 Å². The molecule has 0 bridgehead atoms. The van der Waals surface area contributed by atoms with E-state index in [-0.39, 0.29) is 16.9 Å². The Labute approximate surface area is 173 Å². The molecular formula is C22H12FN3O3S. The number of benzene rings is 3. The van der Waals surface area contributed by atoms with Gasteiger partial charge in [0.2, 0.25) is 5.13 Å². The molecule has 0 aliphatic carbocycles. The number of fused-ring (bicyclic) bond motifs is 2. The van der Waals surface area contributed by atoms with E-state index in [1.807, 2.05) is 0 Å². The van der Waals surface area contributed by atoms with Gasteiger partial charge >= 0.3 is 0 Å². The lowest BCUT2D eigenvalue weighted by Gasteiger charge is -2.08. The van der Waals surface area contributed by atoms with Gasteiger partial charge in [0.25, 0.3) is 17.7 Å². The van der Waals surface area contributed by atoms with Crippen molar-refractivity contribution in [2.24, 2.45) is 0 Å². The number of hydrogen-bond donors (Lipinski definition) is 1. The zero-order valence-electron chi connectivity index (χ0n) is 15.3. The highest BCUT2D eigenvalue weighted by Crippen LogP contribution is 2.34. The van der Waals surface area contributed by atoms with E-state index in [2.05, 4.69) is 10.3 Å². The second kappa shape index (κ2) is 6.85. The highest BCUT2D eigenvalue weighted by atomic mass is 32.1. The Bertz CT molecular complexity index is 1310. The first kappa shape index (κ1) is 18.1. The summed E-state index contributed by atoms with van der Waals surface area (Å²) in [6.07, 6.45) is 0. The van der Waals surface area contributed by atoms with E-state index >= 15 is 0 Å². The second-order valence-electron chi connectivity index (χ2n) is 6.63. The zero-order valence-corrected chi connectivity index (χ0v) is 16.1. The number of hydrogen-bond acceptors (Lipinski definition) is 5. The number of anilines is 2. The lowest BCUT2D eigenvalue weighted by Crippen LogP contribution is -2.29. The minimum Gasteiger partial charge on any atom is -0.322 e. The molecule has 4 aromatic rings. The lowest BCUT2D eigenvalue weighted by molar-refractivity contribution is 0.0925. The van der Waals surface area contributed by atoms with Crippen LogP contribution in [-0.2, 0) is 0 Å². The molecule has 8 heteroatoms. The molecule has 0 spiro atoms. The molecule has 1 N–H and O–H groups in total. The summed E-state index contributed by atoms with van der Waals surface area (Å²) in [7, 11) is 0. The number of thiazole rings is 1. The maximum Gasteiger partial charge on any atom is 0.268 e. The molecule has 3 aromatic carbocycles. The van der Waals surface area contributed by atoms with Crippen LogP contribution in [0.1, 0.15) is 31.1 Å². The molecule has 0 atom stereocenters. The number of carbonyl (C=O) groups is 3. The Balaban J connectivity index is 1.45. The van der Waals surface area contributed by atoms with Crippen molar-refractivity contribution in [2.45, 2.75) is 0 Å². The third-order valence-corrected chi connectivity index (χ3v) is 5.73. The van der Waals surface area contributed by atoms with E-state index in [1.54, 1.807) is 42.5 Å². The quantitative estimate of drug-likeness (QED) is 0.498. The van der Waals surface area contributed by atoms with E-state index < -0.39 is 11.8 Å². The number of nitrogens with zero attached hydrogens (tertiary/aromatic N) is 2. The molecule has 5 rings (SSSR count). The van der Waals surface area contributed by atoms with E-state index in [0.29, 0.717) is 32.6 Å². The summed E-state index contributed by atoms with van der Waals surface area (Å²) in [5.41, 5.74) is 2.12. The van der Waals surface area contributed by atoms with Gasteiger partial charge in [0.15, 0.2) is 0 Å². The Morgan fingerprint density at radius 2 is 1.60 bits per heavy atom. The topological polar surface area (TPSA) is 79.4 Å². The summed E-state index contributed by atoms with van der Waals surface area (Å²) >= 11 is 1.16. The van der Waals surface area contributed by atoms with Gasteiger partial charge in [0.05, 0.1) is 21.3 Å². The third kappa shape index (κ3) is 2.94. The predicted octanol–water partition coefficient (Wildman–Crippen LogP) is 4.49. The fraction of sp³-hybridized carbons (Fsp3) is 0. The van der Waals surface area contributed by atoms with Crippen molar-refractivity contribution in [2.75, 3.05) is 10.2 Å². The van der Waals surface area contributed by atoms with Crippen LogP contribution in [0.5, 0.6) is 0 Å². The Hall–Kier alpha value is -3.91. The first-order valence-electron chi connectivity index (χ1n) is 8.96. The van der Waals surface area contributed by atoms with E-state index in [9.17, 15) is 18.8 Å². The highest BCUT2D eigenvalue weighted by molar-refractivity contribution is 7.22. The molecule has 1 aromatic heterocycles. The van der Waals surface area contributed by atoms with Crippen LogP contribution in [0.3, 0.4) is 0 Å². The average Bonchev–Trinajstić information content (AvgIpc) is 3.28. The molecule has 0 radical (unpaired) electrons. The van der Waals surface area contributed by atoms with Crippen LogP contribution < -0.4 is 10.2 Å². The van der Waals surface area contributed by atoms with Crippen molar-refractivity contribution in [3.8, 4) is 0 Å². The number of carbonyl (C=O) groups excluding carboxylic acids is 3.